The van der Waals surface area contributed by atoms with E-state index in [2.05, 4.69) is 24.4 Å². The third-order valence-corrected chi connectivity index (χ3v) is 4.33. The van der Waals surface area contributed by atoms with Crippen molar-refractivity contribution in [3.8, 4) is 0 Å². The van der Waals surface area contributed by atoms with Crippen molar-refractivity contribution in [1.82, 2.24) is 0 Å². The fourth-order valence-corrected chi connectivity index (χ4v) is 3.17. The molecular formula is C15H19NOS. The Morgan fingerprint density at radius 1 is 1.39 bits per heavy atom. The molecule has 2 aromatic rings. The molecule has 96 valence electrons. The molecule has 2 nitrogen and oxygen atoms in total. The van der Waals surface area contributed by atoms with Crippen LogP contribution in [0, 0.1) is 0 Å². The van der Waals surface area contributed by atoms with Gasteiger partial charge in [-0.2, -0.15) is 0 Å². The lowest BCUT2D eigenvalue weighted by atomic mass is 9.88. The van der Waals surface area contributed by atoms with Crippen LogP contribution in [-0.2, 0) is 11.2 Å². The second-order valence-electron chi connectivity index (χ2n) is 5.02. The van der Waals surface area contributed by atoms with Crippen molar-refractivity contribution >= 4 is 27.2 Å². The van der Waals surface area contributed by atoms with E-state index in [1.165, 1.54) is 10.1 Å². The molecule has 0 aliphatic carbocycles. The molecule has 0 bridgehead atoms. The van der Waals surface area contributed by atoms with Crippen molar-refractivity contribution in [1.29, 1.82) is 0 Å². The van der Waals surface area contributed by atoms with Crippen LogP contribution in [0.1, 0.15) is 32.3 Å². The van der Waals surface area contributed by atoms with Gasteiger partial charge in [-0.05, 0) is 35.7 Å². The molecule has 2 N–H and O–H groups in total. The first kappa shape index (κ1) is 13.2. The van der Waals surface area contributed by atoms with Crippen molar-refractivity contribution in [3.63, 3.8) is 0 Å². The molecule has 0 saturated heterocycles. The summed E-state index contributed by atoms with van der Waals surface area (Å²) in [5.74, 6) is 0.132. The van der Waals surface area contributed by atoms with Crippen LogP contribution in [0.15, 0.2) is 29.6 Å². The molecule has 1 unspecified atom stereocenters. The summed E-state index contributed by atoms with van der Waals surface area (Å²) < 4.78 is 1.23. The van der Waals surface area contributed by atoms with E-state index in [1.807, 2.05) is 19.1 Å². The van der Waals surface area contributed by atoms with Gasteiger partial charge in [0.1, 0.15) is 0 Å². The number of Topliss-reactive ketones (excluding diaryl/α,β-unsaturated/α-hetero) is 1. The molecule has 3 heteroatoms. The molecule has 1 atom stereocenters. The highest BCUT2D eigenvalue weighted by Crippen LogP contribution is 2.27. The summed E-state index contributed by atoms with van der Waals surface area (Å²) in [5, 5.41) is 3.26. The van der Waals surface area contributed by atoms with Crippen LogP contribution in [0.3, 0.4) is 0 Å². The SMILES string of the molecule is CCCC(C)(N)C(=O)Cc1csc2ccccc12. The number of carbonyl (C=O) groups is 1. The molecule has 1 aromatic heterocycles. The van der Waals surface area contributed by atoms with Crippen LogP contribution in [0.25, 0.3) is 10.1 Å². The number of nitrogens with two attached hydrogens (primary N) is 1. The Kier molecular flexibility index (Phi) is 3.83. The number of ketones is 1. The summed E-state index contributed by atoms with van der Waals surface area (Å²) in [6.45, 7) is 3.89. The number of thiophene rings is 1. The van der Waals surface area contributed by atoms with Gasteiger partial charge in [0.05, 0.1) is 5.54 Å². The molecule has 0 radical (unpaired) electrons. The number of fused-ring (bicyclic) bond motifs is 1. The van der Waals surface area contributed by atoms with Crippen LogP contribution >= 0.6 is 11.3 Å². The zero-order valence-electron chi connectivity index (χ0n) is 10.9. The standard InChI is InChI=1S/C15H19NOS/c1-3-8-15(2,16)14(17)9-11-10-18-13-7-5-4-6-12(11)13/h4-7,10H,3,8-9,16H2,1-2H3. The average molecular weight is 261 g/mol. The van der Waals surface area contributed by atoms with E-state index in [-0.39, 0.29) is 5.78 Å². The number of hydrogen-bond donors (Lipinski definition) is 1. The first-order valence-electron chi connectivity index (χ1n) is 6.32. The predicted molar refractivity (Wildman–Crippen MR) is 78.0 cm³/mol. The number of rotatable bonds is 5. The van der Waals surface area contributed by atoms with Gasteiger partial charge in [-0.25, -0.2) is 0 Å². The monoisotopic (exact) mass is 261 g/mol. The van der Waals surface area contributed by atoms with Crippen LogP contribution in [0.4, 0.5) is 0 Å². The Morgan fingerprint density at radius 3 is 2.83 bits per heavy atom. The molecule has 0 aliphatic rings. The highest BCUT2D eigenvalue weighted by Gasteiger charge is 2.27. The molecule has 1 heterocycles. The van der Waals surface area contributed by atoms with E-state index in [0.29, 0.717) is 6.42 Å². The largest absolute Gasteiger partial charge is 0.319 e. The lowest BCUT2D eigenvalue weighted by Crippen LogP contribution is -2.45. The molecule has 0 aliphatic heterocycles. The Bertz CT molecular complexity index is 556. The van der Waals surface area contributed by atoms with E-state index in [9.17, 15) is 4.79 Å². The lowest BCUT2D eigenvalue weighted by molar-refractivity contribution is -0.123. The first-order chi connectivity index (χ1) is 8.54. The zero-order chi connectivity index (χ0) is 13.2. The van der Waals surface area contributed by atoms with Crippen molar-refractivity contribution < 1.29 is 4.79 Å². The van der Waals surface area contributed by atoms with Gasteiger partial charge in [-0.15, -0.1) is 11.3 Å². The topological polar surface area (TPSA) is 43.1 Å². The van der Waals surface area contributed by atoms with E-state index >= 15 is 0 Å². The van der Waals surface area contributed by atoms with Gasteiger partial charge in [-0.1, -0.05) is 31.5 Å². The van der Waals surface area contributed by atoms with Crippen LogP contribution < -0.4 is 5.73 Å². The maximum absolute atomic E-state index is 12.2. The maximum atomic E-state index is 12.2. The van der Waals surface area contributed by atoms with Gasteiger partial charge in [0.2, 0.25) is 0 Å². The summed E-state index contributed by atoms with van der Waals surface area (Å²) in [5.41, 5.74) is 6.49. The van der Waals surface area contributed by atoms with Gasteiger partial charge in [-0.3, -0.25) is 4.79 Å². The minimum Gasteiger partial charge on any atom is -0.319 e. The highest BCUT2D eigenvalue weighted by atomic mass is 32.1. The van der Waals surface area contributed by atoms with Gasteiger partial charge in [0.15, 0.2) is 5.78 Å². The zero-order valence-corrected chi connectivity index (χ0v) is 11.7. The minimum absolute atomic E-state index is 0.132. The third-order valence-electron chi connectivity index (χ3n) is 3.32. The molecule has 0 fully saturated rings. The van der Waals surface area contributed by atoms with Crippen LogP contribution in [0.5, 0.6) is 0 Å². The van der Waals surface area contributed by atoms with Crippen molar-refractivity contribution in [2.45, 2.75) is 38.6 Å². The fourth-order valence-electron chi connectivity index (χ4n) is 2.20. The summed E-state index contributed by atoms with van der Waals surface area (Å²) in [6.07, 6.45) is 2.12. The van der Waals surface area contributed by atoms with Gasteiger partial charge in [0.25, 0.3) is 0 Å². The number of benzene rings is 1. The molecule has 1 aromatic carbocycles. The van der Waals surface area contributed by atoms with Crippen LogP contribution in [0.2, 0.25) is 0 Å². The maximum Gasteiger partial charge on any atom is 0.156 e. The second kappa shape index (κ2) is 5.21. The quantitative estimate of drug-likeness (QED) is 0.894. The molecule has 0 saturated carbocycles. The van der Waals surface area contributed by atoms with Gasteiger partial charge in [0, 0.05) is 11.1 Å². The summed E-state index contributed by atoms with van der Waals surface area (Å²) >= 11 is 1.69. The normalized spacial score (nSPS) is 14.6. The summed E-state index contributed by atoms with van der Waals surface area (Å²) in [7, 11) is 0. The predicted octanol–water partition coefficient (Wildman–Crippen LogP) is 3.53. The third kappa shape index (κ3) is 2.62. The van der Waals surface area contributed by atoms with Crippen molar-refractivity contribution in [3.05, 3.63) is 35.2 Å². The Balaban J connectivity index is 2.21. The minimum atomic E-state index is -0.697. The Morgan fingerprint density at radius 2 is 2.11 bits per heavy atom. The lowest BCUT2D eigenvalue weighted by Gasteiger charge is -2.22. The van der Waals surface area contributed by atoms with Crippen molar-refractivity contribution in [2.75, 3.05) is 0 Å². The van der Waals surface area contributed by atoms with Gasteiger partial charge < -0.3 is 5.73 Å². The summed E-state index contributed by atoms with van der Waals surface area (Å²) in [4.78, 5) is 12.2. The average Bonchev–Trinajstić information content (AvgIpc) is 2.73. The van der Waals surface area contributed by atoms with E-state index in [1.54, 1.807) is 11.3 Å². The Labute approximate surface area is 112 Å². The van der Waals surface area contributed by atoms with E-state index < -0.39 is 5.54 Å². The highest BCUT2D eigenvalue weighted by molar-refractivity contribution is 7.17. The molecule has 2 rings (SSSR count). The Hall–Kier alpha value is -1.19. The number of carbonyl (C=O) groups excluding carboxylic acids is 1. The fraction of sp³-hybridized carbons (Fsp3) is 0.400. The summed E-state index contributed by atoms with van der Waals surface area (Å²) in [6, 6.07) is 8.19. The second-order valence-corrected chi connectivity index (χ2v) is 5.94. The van der Waals surface area contributed by atoms with Gasteiger partial charge >= 0.3 is 0 Å². The smallest absolute Gasteiger partial charge is 0.156 e. The molecule has 0 spiro atoms. The van der Waals surface area contributed by atoms with Crippen LogP contribution in [-0.4, -0.2) is 11.3 Å². The first-order valence-corrected chi connectivity index (χ1v) is 7.20. The molecule has 0 amide bonds. The molecular weight excluding hydrogens is 242 g/mol. The van der Waals surface area contributed by atoms with E-state index in [0.717, 1.165) is 18.4 Å². The molecule has 18 heavy (non-hydrogen) atoms. The van der Waals surface area contributed by atoms with E-state index in [4.69, 9.17) is 5.73 Å². The van der Waals surface area contributed by atoms with Crippen molar-refractivity contribution in [2.24, 2.45) is 5.73 Å². The number of hydrogen-bond acceptors (Lipinski definition) is 3.